The topological polar surface area (TPSA) is 68.0 Å². The summed E-state index contributed by atoms with van der Waals surface area (Å²) in [5, 5.41) is 3.04. The first-order chi connectivity index (χ1) is 9.47. The van der Waals surface area contributed by atoms with E-state index in [0.717, 1.165) is 12.2 Å². The minimum atomic E-state index is -0.0416. The number of nitrogen functional groups attached to an aromatic ring is 1. The van der Waals surface area contributed by atoms with Crippen LogP contribution >= 0.6 is 0 Å². The zero-order valence-corrected chi connectivity index (χ0v) is 12.6. The first-order valence-corrected chi connectivity index (χ1v) is 7.53. The van der Waals surface area contributed by atoms with Crippen LogP contribution in [0.2, 0.25) is 0 Å². The van der Waals surface area contributed by atoms with Crippen molar-refractivity contribution in [1.82, 2.24) is 10.3 Å². The highest BCUT2D eigenvalue weighted by molar-refractivity contribution is 5.94. The molecular weight excluding hydrogens is 250 g/mol. The van der Waals surface area contributed by atoms with Crippen LogP contribution in [-0.4, -0.2) is 17.4 Å². The summed E-state index contributed by atoms with van der Waals surface area (Å²) in [5.41, 5.74) is 7.27. The third kappa shape index (κ3) is 3.50. The Kier molecular flexibility index (Phi) is 4.63. The standard InChI is InChI=1S/C16H25N3O/c1-10(2)14-7-13(8-15(17)19-14)16(20)18-9-12-6-4-5-11(12)3/h7-8,10-12H,4-6,9H2,1-3H3,(H2,17,19)(H,18,20). The van der Waals surface area contributed by atoms with Crippen LogP contribution in [0.5, 0.6) is 0 Å². The molecule has 1 aromatic rings. The molecule has 0 bridgehead atoms. The Morgan fingerprint density at radius 2 is 2.20 bits per heavy atom. The Labute approximate surface area is 121 Å². The Morgan fingerprint density at radius 1 is 1.45 bits per heavy atom. The van der Waals surface area contributed by atoms with Crippen molar-refractivity contribution in [3.63, 3.8) is 0 Å². The molecule has 4 heteroatoms. The predicted octanol–water partition coefficient (Wildman–Crippen LogP) is 2.95. The maximum atomic E-state index is 12.2. The highest BCUT2D eigenvalue weighted by Gasteiger charge is 2.23. The number of nitrogens with one attached hydrogen (secondary N) is 1. The van der Waals surface area contributed by atoms with Gasteiger partial charge in [-0.3, -0.25) is 4.79 Å². The Morgan fingerprint density at radius 3 is 2.80 bits per heavy atom. The van der Waals surface area contributed by atoms with Crippen molar-refractivity contribution in [1.29, 1.82) is 0 Å². The number of nitrogens with two attached hydrogens (primary N) is 1. The number of nitrogens with zero attached hydrogens (tertiary/aromatic N) is 1. The van der Waals surface area contributed by atoms with Gasteiger partial charge in [-0.25, -0.2) is 4.98 Å². The fourth-order valence-corrected chi connectivity index (χ4v) is 2.85. The number of carbonyl (C=O) groups is 1. The minimum Gasteiger partial charge on any atom is -0.384 e. The van der Waals surface area contributed by atoms with Gasteiger partial charge in [-0.15, -0.1) is 0 Å². The second-order valence-corrected chi connectivity index (χ2v) is 6.24. The van der Waals surface area contributed by atoms with Crippen molar-refractivity contribution in [3.8, 4) is 0 Å². The van der Waals surface area contributed by atoms with E-state index in [1.807, 2.05) is 19.9 Å². The molecule has 1 aliphatic rings. The van der Waals surface area contributed by atoms with Gasteiger partial charge in [0.15, 0.2) is 0 Å². The van der Waals surface area contributed by atoms with E-state index in [-0.39, 0.29) is 11.8 Å². The third-order valence-electron chi connectivity index (χ3n) is 4.28. The van der Waals surface area contributed by atoms with Gasteiger partial charge in [-0.1, -0.05) is 33.6 Å². The lowest BCUT2D eigenvalue weighted by molar-refractivity contribution is 0.0944. The van der Waals surface area contributed by atoms with E-state index < -0.39 is 0 Å². The quantitative estimate of drug-likeness (QED) is 0.887. The predicted molar refractivity (Wildman–Crippen MR) is 81.6 cm³/mol. The Balaban J connectivity index is 2.01. The van der Waals surface area contributed by atoms with Gasteiger partial charge in [0.1, 0.15) is 5.82 Å². The average Bonchev–Trinajstić information content (AvgIpc) is 2.80. The highest BCUT2D eigenvalue weighted by Crippen LogP contribution is 2.30. The summed E-state index contributed by atoms with van der Waals surface area (Å²) < 4.78 is 0. The van der Waals surface area contributed by atoms with E-state index >= 15 is 0 Å². The van der Waals surface area contributed by atoms with Crippen LogP contribution in [0.25, 0.3) is 0 Å². The third-order valence-corrected chi connectivity index (χ3v) is 4.28. The van der Waals surface area contributed by atoms with Crippen molar-refractivity contribution in [2.75, 3.05) is 12.3 Å². The van der Waals surface area contributed by atoms with Crippen LogP contribution in [0.3, 0.4) is 0 Å². The molecule has 1 amide bonds. The largest absolute Gasteiger partial charge is 0.384 e. The molecule has 1 aromatic heterocycles. The fraction of sp³-hybridized carbons (Fsp3) is 0.625. The molecule has 110 valence electrons. The maximum absolute atomic E-state index is 12.2. The molecule has 1 fully saturated rings. The van der Waals surface area contributed by atoms with Crippen molar-refractivity contribution >= 4 is 11.7 Å². The molecule has 2 atom stereocenters. The van der Waals surface area contributed by atoms with Gasteiger partial charge in [-0.2, -0.15) is 0 Å². The summed E-state index contributed by atoms with van der Waals surface area (Å²) in [4.78, 5) is 16.5. The molecule has 4 nitrogen and oxygen atoms in total. The molecule has 0 spiro atoms. The lowest BCUT2D eigenvalue weighted by Crippen LogP contribution is -2.30. The van der Waals surface area contributed by atoms with Gasteiger partial charge in [0, 0.05) is 17.8 Å². The molecule has 0 radical (unpaired) electrons. The van der Waals surface area contributed by atoms with Crippen LogP contribution in [0.1, 0.15) is 62.0 Å². The number of rotatable bonds is 4. The van der Waals surface area contributed by atoms with Crippen LogP contribution in [0.4, 0.5) is 5.82 Å². The lowest BCUT2D eigenvalue weighted by Gasteiger charge is -2.16. The van der Waals surface area contributed by atoms with E-state index in [0.29, 0.717) is 23.2 Å². The van der Waals surface area contributed by atoms with E-state index in [2.05, 4.69) is 17.2 Å². The van der Waals surface area contributed by atoms with E-state index in [1.165, 1.54) is 19.3 Å². The molecule has 0 saturated heterocycles. The number of anilines is 1. The molecule has 0 aliphatic heterocycles. The SMILES string of the molecule is CC(C)c1cc(C(=O)NCC2CCCC2C)cc(N)n1. The van der Waals surface area contributed by atoms with E-state index in [9.17, 15) is 4.79 Å². The highest BCUT2D eigenvalue weighted by atomic mass is 16.1. The second-order valence-electron chi connectivity index (χ2n) is 6.24. The summed E-state index contributed by atoms with van der Waals surface area (Å²) >= 11 is 0. The summed E-state index contributed by atoms with van der Waals surface area (Å²) in [7, 11) is 0. The van der Waals surface area contributed by atoms with Gasteiger partial charge in [0.25, 0.3) is 5.91 Å². The molecule has 1 aliphatic carbocycles. The van der Waals surface area contributed by atoms with Gasteiger partial charge in [0.2, 0.25) is 0 Å². The van der Waals surface area contributed by atoms with Gasteiger partial charge in [-0.05, 0) is 36.3 Å². The zero-order valence-electron chi connectivity index (χ0n) is 12.6. The summed E-state index contributed by atoms with van der Waals surface area (Å²) in [6.07, 6.45) is 3.78. The van der Waals surface area contributed by atoms with Gasteiger partial charge in [0.05, 0.1) is 0 Å². The lowest BCUT2D eigenvalue weighted by atomic mass is 9.98. The molecule has 20 heavy (non-hydrogen) atoms. The second kappa shape index (κ2) is 6.25. The zero-order chi connectivity index (χ0) is 14.7. The van der Waals surface area contributed by atoms with Crippen LogP contribution in [0, 0.1) is 11.8 Å². The summed E-state index contributed by atoms with van der Waals surface area (Å²) in [6.45, 7) is 7.12. The molecule has 3 N–H and O–H groups in total. The molecule has 0 aromatic carbocycles. The molecule has 2 rings (SSSR count). The van der Waals surface area contributed by atoms with Crippen LogP contribution in [-0.2, 0) is 0 Å². The molecule has 1 saturated carbocycles. The fourth-order valence-electron chi connectivity index (χ4n) is 2.85. The monoisotopic (exact) mass is 275 g/mol. The number of aromatic nitrogens is 1. The first kappa shape index (κ1) is 14.8. The molecule has 1 heterocycles. The van der Waals surface area contributed by atoms with E-state index in [4.69, 9.17) is 5.73 Å². The van der Waals surface area contributed by atoms with Crippen molar-refractivity contribution in [2.45, 2.75) is 46.0 Å². The van der Waals surface area contributed by atoms with Crippen molar-refractivity contribution in [3.05, 3.63) is 23.4 Å². The Bertz CT molecular complexity index is 485. The van der Waals surface area contributed by atoms with Crippen molar-refractivity contribution in [2.24, 2.45) is 11.8 Å². The first-order valence-electron chi connectivity index (χ1n) is 7.53. The maximum Gasteiger partial charge on any atom is 0.251 e. The number of amides is 1. The normalized spacial score (nSPS) is 22.2. The van der Waals surface area contributed by atoms with Gasteiger partial charge < -0.3 is 11.1 Å². The van der Waals surface area contributed by atoms with Crippen molar-refractivity contribution < 1.29 is 4.79 Å². The van der Waals surface area contributed by atoms with Crippen LogP contribution < -0.4 is 11.1 Å². The average molecular weight is 275 g/mol. The number of hydrogen-bond acceptors (Lipinski definition) is 3. The van der Waals surface area contributed by atoms with Crippen LogP contribution in [0.15, 0.2) is 12.1 Å². The molecule has 2 unspecified atom stereocenters. The Hall–Kier alpha value is -1.58. The number of hydrogen-bond donors (Lipinski definition) is 2. The number of pyridine rings is 1. The molecular formula is C16H25N3O. The van der Waals surface area contributed by atoms with Gasteiger partial charge >= 0.3 is 0 Å². The minimum absolute atomic E-state index is 0.0416. The van der Waals surface area contributed by atoms with E-state index in [1.54, 1.807) is 6.07 Å². The number of carbonyl (C=O) groups excluding carboxylic acids is 1. The summed E-state index contributed by atoms with van der Waals surface area (Å²) in [6, 6.07) is 3.49. The smallest absolute Gasteiger partial charge is 0.251 e. The summed E-state index contributed by atoms with van der Waals surface area (Å²) in [5.74, 6) is 1.96.